The predicted molar refractivity (Wildman–Crippen MR) is 94.5 cm³/mol. The molecule has 3 rings (SSSR count). The van der Waals surface area contributed by atoms with Gasteiger partial charge < -0.3 is 14.8 Å². The lowest BCUT2D eigenvalue weighted by Crippen LogP contribution is -2.32. The van der Waals surface area contributed by atoms with Crippen LogP contribution in [0.1, 0.15) is 39.2 Å². The Morgan fingerprint density at radius 1 is 1.26 bits per heavy atom. The predicted octanol–water partition coefficient (Wildman–Crippen LogP) is 4.12. The normalized spacial score (nSPS) is 16.0. The van der Waals surface area contributed by atoms with Gasteiger partial charge in [0.2, 0.25) is 0 Å². The maximum absolute atomic E-state index is 6.25. The number of fused-ring (bicyclic) bond motifs is 3. The highest BCUT2D eigenvalue weighted by atomic mass is 16.5. The number of hydrogen-bond acceptors (Lipinski definition) is 3. The van der Waals surface area contributed by atoms with Crippen molar-refractivity contribution in [3.63, 3.8) is 0 Å². The molecule has 1 heterocycles. The first-order valence-corrected chi connectivity index (χ1v) is 8.59. The van der Waals surface area contributed by atoms with Crippen molar-refractivity contribution in [2.24, 2.45) is 0 Å². The second-order valence-corrected chi connectivity index (χ2v) is 6.77. The van der Waals surface area contributed by atoms with Crippen LogP contribution in [0.2, 0.25) is 0 Å². The zero-order valence-corrected chi connectivity index (χ0v) is 14.4. The van der Waals surface area contributed by atoms with Crippen LogP contribution in [-0.4, -0.2) is 25.3 Å². The Kier molecular flexibility index (Phi) is 4.76. The van der Waals surface area contributed by atoms with E-state index < -0.39 is 0 Å². The van der Waals surface area contributed by atoms with Gasteiger partial charge in [-0.2, -0.15) is 0 Å². The zero-order chi connectivity index (χ0) is 16.3. The molecule has 0 spiro atoms. The van der Waals surface area contributed by atoms with Crippen LogP contribution in [0.4, 0.5) is 0 Å². The summed E-state index contributed by atoms with van der Waals surface area (Å²) < 4.78 is 12.2. The maximum Gasteiger partial charge on any atom is 0.131 e. The summed E-state index contributed by atoms with van der Waals surface area (Å²) >= 11 is 0. The van der Waals surface area contributed by atoms with Gasteiger partial charge in [0.15, 0.2) is 0 Å². The number of nitrogens with one attached hydrogen (secondary N) is 1. The van der Waals surface area contributed by atoms with Crippen molar-refractivity contribution in [3.8, 4) is 11.5 Å². The van der Waals surface area contributed by atoms with Crippen molar-refractivity contribution in [1.29, 1.82) is 0 Å². The Bertz CT molecular complexity index is 679. The number of aryl methyl sites for hydroxylation is 1. The van der Waals surface area contributed by atoms with E-state index in [-0.39, 0.29) is 5.60 Å². The Morgan fingerprint density at radius 3 is 2.96 bits per heavy atom. The van der Waals surface area contributed by atoms with Crippen molar-refractivity contribution in [1.82, 2.24) is 5.32 Å². The lowest BCUT2D eigenvalue weighted by molar-refractivity contribution is 0.0867. The van der Waals surface area contributed by atoms with Gasteiger partial charge in [-0.25, -0.2) is 0 Å². The maximum atomic E-state index is 6.25. The van der Waals surface area contributed by atoms with Crippen molar-refractivity contribution >= 4 is 10.8 Å². The zero-order valence-electron chi connectivity index (χ0n) is 14.4. The van der Waals surface area contributed by atoms with Crippen molar-refractivity contribution in [2.75, 3.05) is 19.7 Å². The molecule has 0 atom stereocenters. The molecular weight excluding hydrogens is 286 g/mol. The molecular formula is C20H26NO2. The fraction of sp³-hybridized carbons (Fsp3) is 0.500. The molecule has 1 aliphatic rings. The van der Waals surface area contributed by atoms with Crippen molar-refractivity contribution in [3.05, 3.63) is 35.9 Å². The summed E-state index contributed by atoms with van der Waals surface area (Å²) in [4.78, 5) is 0. The quantitative estimate of drug-likeness (QED) is 0.814. The van der Waals surface area contributed by atoms with Crippen LogP contribution < -0.4 is 14.8 Å². The fourth-order valence-corrected chi connectivity index (χ4v) is 2.99. The highest BCUT2D eigenvalue weighted by molar-refractivity contribution is 5.94. The standard InChI is InChI=1S/C20H26NO2/c1-4-12-21-13-14-22-18-7-5-6-17-16(18)9-8-15-10-11-20(2,3)23-19(15)17/h5-7,9,21H,4,10-14H2,1-3H3. The highest BCUT2D eigenvalue weighted by Crippen LogP contribution is 2.40. The molecule has 0 saturated carbocycles. The molecule has 1 N–H and O–H groups in total. The van der Waals surface area contributed by atoms with E-state index in [1.54, 1.807) is 0 Å². The SMILES string of the molecule is CCCNCCOc1cccc2c3c([c]cc12)CCC(C)(C)O3. The summed E-state index contributed by atoms with van der Waals surface area (Å²) in [7, 11) is 0. The van der Waals surface area contributed by atoms with E-state index in [1.165, 1.54) is 5.56 Å². The summed E-state index contributed by atoms with van der Waals surface area (Å²) in [5, 5.41) is 5.57. The van der Waals surface area contributed by atoms with Crippen LogP contribution >= 0.6 is 0 Å². The molecule has 3 heteroatoms. The van der Waals surface area contributed by atoms with Crippen LogP contribution in [0, 0.1) is 6.07 Å². The van der Waals surface area contributed by atoms with Crippen molar-refractivity contribution < 1.29 is 9.47 Å². The van der Waals surface area contributed by atoms with Gasteiger partial charge in [0.05, 0.1) is 0 Å². The van der Waals surface area contributed by atoms with Gasteiger partial charge in [0.1, 0.15) is 23.7 Å². The second-order valence-electron chi connectivity index (χ2n) is 6.77. The fourth-order valence-electron chi connectivity index (χ4n) is 2.99. The molecule has 0 unspecified atom stereocenters. The number of rotatable bonds is 6. The minimum Gasteiger partial charge on any atom is -0.492 e. The molecule has 123 valence electrons. The topological polar surface area (TPSA) is 30.5 Å². The van der Waals surface area contributed by atoms with Gasteiger partial charge in [0.25, 0.3) is 0 Å². The van der Waals surface area contributed by atoms with E-state index in [0.717, 1.165) is 54.6 Å². The van der Waals surface area contributed by atoms with Gasteiger partial charge >= 0.3 is 0 Å². The number of hydrogen-bond donors (Lipinski definition) is 1. The average molecular weight is 312 g/mol. The third-order valence-electron chi connectivity index (χ3n) is 4.29. The van der Waals surface area contributed by atoms with Crippen LogP contribution in [-0.2, 0) is 6.42 Å². The molecule has 0 bridgehead atoms. The summed E-state index contributed by atoms with van der Waals surface area (Å²) in [5.41, 5.74) is 1.06. The van der Waals surface area contributed by atoms with Crippen LogP contribution in [0.5, 0.6) is 11.5 Å². The minimum absolute atomic E-state index is 0.115. The molecule has 3 nitrogen and oxygen atoms in total. The molecule has 0 aromatic heterocycles. The van der Waals surface area contributed by atoms with Crippen LogP contribution in [0.3, 0.4) is 0 Å². The molecule has 1 radical (unpaired) electrons. The summed E-state index contributed by atoms with van der Waals surface area (Å²) in [5.74, 6) is 1.89. The molecule has 0 fully saturated rings. The highest BCUT2D eigenvalue weighted by Gasteiger charge is 2.28. The molecule has 23 heavy (non-hydrogen) atoms. The molecule has 2 aromatic carbocycles. The Balaban J connectivity index is 1.84. The van der Waals surface area contributed by atoms with Crippen LogP contribution in [0.15, 0.2) is 24.3 Å². The summed E-state index contributed by atoms with van der Waals surface area (Å²) in [6.45, 7) is 9.02. The first-order valence-electron chi connectivity index (χ1n) is 8.59. The smallest absolute Gasteiger partial charge is 0.131 e. The molecule has 2 aromatic rings. The van der Waals surface area contributed by atoms with E-state index in [1.807, 2.05) is 18.2 Å². The first-order chi connectivity index (χ1) is 11.1. The van der Waals surface area contributed by atoms with Gasteiger partial charge in [-0.05, 0) is 57.9 Å². The number of ether oxygens (including phenoxy) is 2. The van der Waals surface area contributed by atoms with Crippen molar-refractivity contribution in [2.45, 2.75) is 45.6 Å². The lowest BCUT2D eigenvalue weighted by atomic mass is 9.92. The summed E-state index contributed by atoms with van der Waals surface area (Å²) in [6.07, 6.45) is 3.19. The van der Waals surface area contributed by atoms with Crippen LogP contribution in [0.25, 0.3) is 10.8 Å². The van der Waals surface area contributed by atoms with E-state index in [4.69, 9.17) is 9.47 Å². The Labute approximate surface area is 139 Å². The third-order valence-corrected chi connectivity index (χ3v) is 4.29. The van der Waals surface area contributed by atoms with E-state index >= 15 is 0 Å². The Hall–Kier alpha value is -1.74. The third kappa shape index (κ3) is 3.61. The largest absolute Gasteiger partial charge is 0.492 e. The lowest BCUT2D eigenvalue weighted by Gasteiger charge is -2.33. The minimum atomic E-state index is -0.115. The van der Waals surface area contributed by atoms with E-state index in [0.29, 0.717) is 6.61 Å². The first kappa shape index (κ1) is 16.1. The monoisotopic (exact) mass is 312 g/mol. The molecule has 0 saturated heterocycles. The van der Waals surface area contributed by atoms with Gasteiger partial charge in [-0.3, -0.25) is 0 Å². The average Bonchev–Trinajstić information content (AvgIpc) is 2.54. The molecule has 0 amide bonds. The molecule has 0 aliphatic carbocycles. The van der Waals surface area contributed by atoms with Gasteiger partial charge in [-0.1, -0.05) is 19.1 Å². The van der Waals surface area contributed by atoms with E-state index in [9.17, 15) is 0 Å². The van der Waals surface area contributed by atoms with Gasteiger partial charge in [-0.15, -0.1) is 0 Å². The van der Waals surface area contributed by atoms with Gasteiger partial charge in [0, 0.05) is 22.9 Å². The summed E-state index contributed by atoms with van der Waals surface area (Å²) in [6, 6.07) is 11.6. The van der Waals surface area contributed by atoms with E-state index in [2.05, 4.69) is 38.2 Å². The Morgan fingerprint density at radius 2 is 2.13 bits per heavy atom. The second kappa shape index (κ2) is 6.79. The number of benzene rings is 2. The molecule has 1 aliphatic heterocycles.